The summed E-state index contributed by atoms with van der Waals surface area (Å²) in [6.45, 7) is 0. The van der Waals surface area contributed by atoms with E-state index >= 15 is 0 Å². The number of benzene rings is 1. The molecule has 0 fully saturated rings. The summed E-state index contributed by atoms with van der Waals surface area (Å²) in [6.07, 6.45) is -9.11. The molecule has 1 aromatic carbocycles. The molecule has 1 heterocycles. The van der Waals surface area contributed by atoms with Gasteiger partial charge in [0.15, 0.2) is 0 Å². The number of pyridine rings is 1. The van der Waals surface area contributed by atoms with E-state index in [2.05, 4.69) is 4.98 Å². The van der Waals surface area contributed by atoms with Crippen LogP contribution in [0.15, 0.2) is 30.5 Å². The first-order valence-corrected chi connectivity index (χ1v) is 6.18. The Kier molecular flexibility index (Phi) is 4.17. The maximum absolute atomic E-state index is 12.8. The van der Waals surface area contributed by atoms with E-state index in [9.17, 15) is 31.1 Å². The third-order valence-electron chi connectivity index (χ3n) is 3.07. The van der Waals surface area contributed by atoms with E-state index in [0.29, 0.717) is 12.1 Å². The number of alkyl halides is 6. The molecule has 4 nitrogen and oxygen atoms in total. The molecule has 0 saturated carbocycles. The van der Waals surface area contributed by atoms with Crippen LogP contribution in [0.2, 0.25) is 0 Å². The zero-order valence-electron chi connectivity index (χ0n) is 11.5. The van der Waals surface area contributed by atoms with E-state index in [1.54, 1.807) is 0 Å². The van der Waals surface area contributed by atoms with Crippen molar-refractivity contribution in [2.45, 2.75) is 12.4 Å². The molecule has 0 spiro atoms. The molecule has 0 amide bonds. The van der Waals surface area contributed by atoms with Gasteiger partial charge in [0.05, 0.1) is 11.1 Å². The monoisotopic (exact) mass is 350 g/mol. The predicted molar refractivity (Wildman–Crippen MR) is 71.0 cm³/mol. The summed E-state index contributed by atoms with van der Waals surface area (Å²) in [7, 11) is 0. The SMILES string of the molecule is Nc1ncc(-c2cc(C(F)(F)F)cc(C(F)(F)F)c2)cc1C(=O)O. The number of halogens is 6. The van der Waals surface area contributed by atoms with Gasteiger partial charge in [-0.3, -0.25) is 0 Å². The first-order chi connectivity index (χ1) is 10.9. The lowest BCUT2D eigenvalue weighted by Gasteiger charge is -2.14. The number of hydrogen-bond donors (Lipinski definition) is 2. The smallest absolute Gasteiger partial charge is 0.416 e. The van der Waals surface area contributed by atoms with Crippen LogP contribution in [0.5, 0.6) is 0 Å². The molecule has 0 aliphatic heterocycles. The van der Waals surface area contributed by atoms with Gasteiger partial charge in [0.1, 0.15) is 11.4 Å². The van der Waals surface area contributed by atoms with Crippen LogP contribution in [-0.4, -0.2) is 16.1 Å². The van der Waals surface area contributed by atoms with Crippen LogP contribution in [0.3, 0.4) is 0 Å². The Morgan fingerprint density at radius 3 is 1.83 bits per heavy atom. The average molecular weight is 350 g/mol. The van der Waals surface area contributed by atoms with Crippen molar-refractivity contribution in [3.05, 3.63) is 47.2 Å². The fourth-order valence-electron chi connectivity index (χ4n) is 1.93. The minimum absolute atomic E-state index is 0.0215. The lowest BCUT2D eigenvalue weighted by molar-refractivity contribution is -0.143. The highest BCUT2D eigenvalue weighted by atomic mass is 19.4. The summed E-state index contributed by atoms with van der Waals surface area (Å²) in [5.41, 5.74) is 1.04. The molecule has 2 aromatic rings. The van der Waals surface area contributed by atoms with Gasteiger partial charge in [-0.25, -0.2) is 9.78 Å². The number of aromatic nitrogens is 1. The summed E-state index contributed by atoms with van der Waals surface area (Å²) in [4.78, 5) is 14.5. The van der Waals surface area contributed by atoms with Crippen molar-refractivity contribution in [3.63, 3.8) is 0 Å². The Balaban J connectivity index is 2.70. The van der Waals surface area contributed by atoms with E-state index in [1.165, 1.54) is 0 Å². The zero-order chi connectivity index (χ0) is 18.3. The molecule has 0 saturated heterocycles. The molecule has 10 heteroatoms. The minimum Gasteiger partial charge on any atom is -0.478 e. The fraction of sp³-hybridized carbons (Fsp3) is 0.143. The van der Waals surface area contributed by atoms with Crippen LogP contribution in [0.25, 0.3) is 11.1 Å². The van der Waals surface area contributed by atoms with Crippen LogP contribution in [0.1, 0.15) is 21.5 Å². The van der Waals surface area contributed by atoms with Crippen molar-refractivity contribution < 1.29 is 36.2 Å². The lowest BCUT2D eigenvalue weighted by Crippen LogP contribution is -2.11. The van der Waals surface area contributed by atoms with Crippen LogP contribution >= 0.6 is 0 Å². The number of hydrogen-bond acceptors (Lipinski definition) is 3. The summed E-state index contributed by atoms with van der Waals surface area (Å²) < 4.78 is 77.0. The second-order valence-electron chi connectivity index (χ2n) is 4.76. The molecule has 1 aromatic heterocycles. The first-order valence-electron chi connectivity index (χ1n) is 6.18. The molecule has 128 valence electrons. The molecule has 0 unspecified atom stereocenters. The predicted octanol–water partition coefficient (Wildman–Crippen LogP) is 4.07. The number of aromatic carboxylic acids is 1. The normalized spacial score (nSPS) is 12.2. The molecule has 0 aliphatic rings. The Morgan fingerprint density at radius 1 is 0.917 bits per heavy atom. The Bertz CT molecular complexity index is 767. The topological polar surface area (TPSA) is 76.2 Å². The van der Waals surface area contributed by atoms with Gasteiger partial charge in [0.2, 0.25) is 0 Å². The highest BCUT2D eigenvalue weighted by molar-refractivity contribution is 5.94. The quantitative estimate of drug-likeness (QED) is 0.801. The number of carboxylic acids is 1. The molecule has 24 heavy (non-hydrogen) atoms. The molecular formula is C14H8F6N2O2. The van der Waals surface area contributed by atoms with E-state index in [1.807, 2.05) is 0 Å². The lowest BCUT2D eigenvalue weighted by atomic mass is 9.99. The third-order valence-corrected chi connectivity index (χ3v) is 3.07. The fourth-order valence-corrected chi connectivity index (χ4v) is 1.93. The molecule has 0 bridgehead atoms. The maximum atomic E-state index is 12.8. The van der Waals surface area contributed by atoms with Crippen LogP contribution in [0, 0.1) is 0 Å². The number of rotatable bonds is 2. The summed E-state index contributed by atoms with van der Waals surface area (Å²) in [6, 6.07) is 1.80. The van der Waals surface area contributed by atoms with Crippen LogP contribution < -0.4 is 5.73 Å². The van der Waals surface area contributed by atoms with E-state index in [0.717, 1.165) is 12.3 Å². The third kappa shape index (κ3) is 3.58. The van der Waals surface area contributed by atoms with Crippen molar-refractivity contribution in [3.8, 4) is 11.1 Å². The van der Waals surface area contributed by atoms with Crippen molar-refractivity contribution in [1.29, 1.82) is 0 Å². The van der Waals surface area contributed by atoms with Crippen LogP contribution in [0.4, 0.5) is 32.2 Å². The molecule has 3 N–H and O–H groups in total. The van der Waals surface area contributed by atoms with Crippen molar-refractivity contribution in [2.24, 2.45) is 0 Å². The van der Waals surface area contributed by atoms with Gasteiger partial charge >= 0.3 is 18.3 Å². The number of carboxylic acid groups (broad SMARTS) is 1. The number of nitrogens with two attached hydrogens (primary N) is 1. The van der Waals surface area contributed by atoms with Crippen LogP contribution in [-0.2, 0) is 12.4 Å². The molecular weight excluding hydrogens is 342 g/mol. The summed E-state index contributed by atoms with van der Waals surface area (Å²) >= 11 is 0. The molecule has 2 rings (SSSR count). The van der Waals surface area contributed by atoms with Crippen molar-refractivity contribution in [1.82, 2.24) is 4.98 Å². The van der Waals surface area contributed by atoms with E-state index in [-0.39, 0.29) is 11.6 Å². The molecule has 0 aliphatic carbocycles. The van der Waals surface area contributed by atoms with Gasteiger partial charge in [-0.15, -0.1) is 0 Å². The Labute approximate surface area is 130 Å². The second-order valence-corrected chi connectivity index (χ2v) is 4.76. The number of carbonyl (C=O) groups is 1. The van der Waals surface area contributed by atoms with Gasteiger partial charge in [0, 0.05) is 11.8 Å². The Hall–Kier alpha value is -2.78. The number of nitrogens with zero attached hydrogens (tertiary/aromatic N) is 1. The summed E-state index contributed by atoms with van der Waals surface area (Å²) in [5.74, 6) is -1.92. The highest BCUT2D eigenvalue weighted by Gasteiger charge is 2.37. The van der Waals surface area contributed by atoms with Gasteiger partial charge in [-0.1, -0.05) is 0 Å². The standard InChI is InChI=1S/C14H8F6N2O2/c15-13(16,17)8-1-6(2-9(4-8)14(18,19)20)7-3-10(12(23)24)11(21)22-5-7/h1-5H,(H2,21,22)(H,23,24). The second kappa shape index (κ2) is 5.69. The summed E-state index contributed by atoms with van der Waals surface area (Å²) in [5, 5.41) is 8.92. The van der Waals surface area contributed by atoms with Crippen molar-refractivity contribution in [2.75, 3.05) is 5.73 Å². The van der Waals surface area contributed by atoms with Gasteiger partial charge in [-0.05, 0) is 29.8 Å². The number of anilines is 1. The molecule has 0 radical (unpaired) electrons. The van der Waals surface area contributed by atoms with Gasteiger partial charge < -0.3 is 10.8 Å². The molecule has 0 atom stereocenters. The number of nitrogen functional groups attached to an aromatic ring is 1. The van der Waals surface area contributed by atoms with Crippen molar-refractivity contribution >= 4 is 11.8 Å². The highest BCUT2D eigenvalue weighted by Crippen LogP contribution is 2.38. The Morgan fingerprint density at radius 2 is 1.42 bits per heavy atom. The van der Waals surface area contributed by atoms with Gasteiger partial charge in [0.25, 0.3) is 0 Å². The average Bonchev–Trinajstić information content (AvgIpc) is 2.45. The van der Waals surface area contributed by atoms with E-state index < -0.39 is 46.4 Å². The maximum Gasteiger partial charge on any atom is 0.416 e. The first kappa shape index (κ1) is 17.6. The zero-order valence-corrected chi connectivity index (χ0v) is 11.5. The van der Waals surface area contributed by atoms with Gasteiger partial charge in [-0.2, -0.15) is 26.3 Å². The van der Waals surface area contributed by atoms with E-state index in [4.69, 9.17) is 10.8 Å². The largest absolute Gasteiger partial charge is 0.478 e. The minimum atomic E-state index is -5.01.